The molecule has 29 heavy (non-hydrogen) atoms. The fourth-order valence-electron chi connectivity index (χ4n) is 3.84. The number of aromatic amines is 1. The third-order valence-electron chi connectivity index (χ3n) is 5.57. The average Bonchev–Trinajstić information content (AvgIpc) is 3.27. The van der Waals surface area contributed by atoms with Crippen LogP contribution in [0.3, 0.4) is 0 Å². The van der Waals surface area contributed by atoms with Gasteiger partial charge in [0.15, 0.2) is 0 Å². The summed E-state index contributed by atoms with van der Waals surface area (Å²) in [6, 6.07) is 11.5. The molecule has 2 aromatic rings. The van der Waals surface area contributed by atoms with E-state index in [1.54, 1.807) is 18.3 Å². The topological polar surface area (TPSA) is 83.2 Å². The van der Waals surface area contributed by atoms with E-state index in [1.165, 1.54) is 5.56 Å². The molecule has 0 unspecified atom stereocenters. The number of amides is 2. The Morgan fingerprint density at radius 3 is 2.72 bits per heavy atom. The lowest BCUT2D eigenvalue weighted by atomic mass is 9.83. The average molecular weight is 398 g/mol. The van der Waals surface area contributed by atoms with Crippen molar-refractivity contribution in [2.24, 2.45) is 5.92 Å². The smallest absolute Gasteiger partial charge is 0.267 e. The lowest BCUT2D eigenvalue weighted by Gasteiger charge is -2.35. The number of nitrogens with one attached hydrogen (secondary N) is 3. The van der Waals surface area contributed by atoms with Gasteiger partial charge in [0.05, 0.1) is 12.1 Å². The standard InChI is InChI=1S/C23H31N3O3/c1-3-13-29-21-14-17(22(27)25-15-18-8-5-4-7-16(18)2)10-11-19(21)26-23(28)20-9-6-12-24-20/h4-9,12,17,19,21,24H,3,10-11,13-15H2,1-2H3,(H,25,27)(H,26,28)/t17-,19-,21-/m0/s1. The molecule has 1 heterocycles. The Bertz CT molecular complexity index is 803. The number of hydrogen-bond acceptors (Lipinski definition) is 3. The van der Waals surface area contributed by atoms with Gasteiger partial charge in [0.1, 0.15) is 5.69 Å². The van der Waals surface area contributed by atoms with Crippen molar-refractivity contribution in [1.82, 2.24) is 15.6 Å². The lowest BCUT2D eigenvalue weighted by Crippen LogP contribution is -2.50. The highest BCUT2D eigenvalue weighted by molar-refractivity contribution is 5.92. The summed E-state index contributed by atoms with van der Waals surface area (Å²) in [6.07, 6.45) is 4.56. The van der Waals surface area contributed by atoms with E-state index in [0.29, 0.717) is 25.3 Å². The second-order valence-corrected chi connectivity index (χ2v) is 7.73. The van der Waals surface area contributed by atoms with Gasteiger partial charge in [-0.3, -0.25) is 9.59 Å². The predicted molar refractivity (Wildman–Crippen MR) is 112 cm³/mol. The molecule has 3 rings (SSSR count). The maximum atomic E-state index is 12.8. The molecule has 1 fully saturated rings. The summed E-state index contributed by atoms with van der Waals surface area (Å²) in [7, 11) is 0. The van der Waals surface area contributed by atoms with Gasteiger partial charge in [-0.15, -0.1) is 0 Å². The SMILES string of the molecule is CCCO[C@H]1C[C@@H](C(=O)NCc2ccccc2C)CC[C@@H]1NC(=O)c1ccc[nH]1. The van der Waals surface area contributed by atoms with Crippen molar-refractivity contribution in [2.75, 3.05) is 6.61 Å². The number of carbonyl (C=O) groups excluding carboxylic acids is 2. The molecule has 0 bridgehead atoms. The van der Waals surface area contributed by atoms with Crippen molar-refractivity contribution < 1.29 is 14.3 Å². The molecule has 2 amide bonds. The van der Waals surface area contributed by atoms with Crippen LogP contribution in [-0.4, -0.2) is 35.6 Å². The zero-order valence-corrected chi connectivity index (χ0v) is 17.2. The highest BCUT2D eigenvalue weighted by Gasteiger charge is 2.35. The normalized spacial score (nSPS) is 21.5. The van der Waals surface area contributed by atoms with Crippen molar-refractivity contribution in [1.29, 1.82) is 0 Å². The lowest BCUT2D eigenvalue weighted by molar-refractivity contribution is -0.128. The Balaban J connectivity index is 1.57. The molecule has 3 N–H and O–H groups in total. The molecule has 0 saturated heterocycles. The van der Waals surface area contributed by atoms with Crippen LogP contribution in [0.15, 0.2) is 42.6 Å². The van der Waals surface area contributed by atoms with Crippen LogP contribution in [-0.2, 0) is 16.1 Å². The van der Waals surface area contributed by atoms with E-state index in [0.717, 1.165) is 24.8 Å². The number of carbonyl (C=O) groups is 2. The van der Waals surface area contributed by atoms with Crippen LogP contribution in [0.5, 0.6) is 0 Å². The zero-order valence-electron chi connectivity index (χ0n) is 17.2. The third kappa shape index (κ3) is 5.70. The number of ether oxygens (including phenoxy) is 1. The summed E-state index contributed by atoms with van der Waals surface area (Å²) in [4.78, 5) is 28.1. The largest absolute Gasteiger partial charge is 0.376 e. The second kappa shape index (κ2) is 10.3. The molecular formula is C23H31N3O3. The summed E-state index contributed by atoms with van der Waals surface area (Å²) in [5.41, 5.74) is 2.84. The van der Waals surface area contributed by atoms with Gasteiger partial charge < -0.3 is 20.4 Å². The zero-order chi connectivity index (χ0) is 20.6. The van der Waals surface area contributed by atoms with Gasteiger partial charge in [-0.05, 0) is 55.9 Å². The fraction of sp³-hybridized carbons (Fsp3) is 0.478. The number of H-pyrrole nitrogens is 1. The summed E-state index contributed by atoms with van der Waals surface area (Å²) in [5, 5.41) is 6.16. The van der Waals surface area contributed by atoms with Crippen molar-refractivity contribution in [3.05, 3.63) is 59.4 Å². The fourth-order valence-corrected chi connectivity index (χ4v) is 3.84. The molecule has 1 aromatic carbocycles. The van der Waals surface area contributed by atoms with E-state index in [4.69, 9.17) is 4.74 Å². The molecule has 1 aromatic heterocycles. The summed E-state index contributed by atoms with van der Waals surface area (Å²) >= 11 is 0. The number of rotatable bonds is 8. The highest BCUT2D eigenvalue weighted by atomic mass is 16.5. The van der Waals surface area contributed by atoms with Gasteiger partial charge >= 0.3 is 0 Å². The van der Waals surface area contributed by atoms with Crippen LogP contribution in [0.2, 0.25) is 0 Å². The Kier molecular flexibility index (Phi) is 7.47. The van der Waals surface area contributed by atoms with Crippen LogP contribution in [0.25, 0.3) is 0 Å². The maximum Gasteiger partial charge on any atom is 0.267 e. The van der Waals surface area contributed by atoms with Gasteiger partial charge in [0.25, 0.3) is 5.91 Å². The van der Waals surface area contributed by atoms with E-state index in [2.05, 4.69) is 22.5 Å². The monoisotopic (exact) mass is 397 g/mol. The van der Waals surface area contributed by atoms with Crippen molar-refractivity contribution in [2.45, 2.75) is 58.2 Å². The van der Waals surface area contributed by atoms with E-state index < -0.39 is 0 Å². The first-order valence-corrected chi connectivity index (χ1v) is 10.5. The predicted octanol–water partition coefficient (Wildman–Crippen LogP) is 3.33. The van der Waals surface area contributed by atoms with Crippen molar-refractivity contribution in [3.63, 3.8) is 0 Å². The minimum atomic E-state index is -0.156. The van der Waals surface area contributed by atoms with Crippen LogP contribution >= 0.6 is 0 Å². The molecular weight excluding hydrogens is 366 g/mol. The van der Waals surface area contributed by atoms with Gasteiger partial charge in [0, 0.05) is 25.3 Å². The van der Waals surface area contributed by atoms with Gasteiger partial charge in [-0.1, -0.05) is 31.2 Å². The number of aromatic nitrogens is 1. The number of aryl methyl sites for hydroxylation is 1. The molecule has 0 aliphatic heterocycles. The Labute approximate surface area is 172 Å². The van der Waals surface area contributed by atoms with Gasteiger partial charge in [-0.2, -0.15) is 0 Å². The summed E-state index contributed by atoms with van der Waals surface area (Å²) in [6.45, 7) is 5.27. The molecule has 0 spiro atoms. The van der Waals surface area contributed by atoms with Crippen LogP contribution in [0.4, 0.5) is 0 Å². The molecule has 3 atom stereocenters. The minimum absolute atomic E-state index is 0.0625. The third-order valence-corrected chi connectivity index (χ3v) is 5.57. The van der Waals surface area contributed by atoms with E-state index in [-0.39, 0.29) is 29.9 Å². The van der Waals surface area contributed by atoms with Crippen LogP contribution in [0, 0.1) is 12.8 Å². The van der Waals surface area contributed by atoms with Gasteiger partial charge in [0.2, 0.25) is 5.91 Å². The molecule has 6 heteroatoms. The minimum Gasteiger partial charge on any atom is -0.376 e. The molecule has 1 aliphatic rings. The Morgan fingerprint density at radius 2 is 2.00 bits per heavy atom. The van der Waals surface area contributed by atoms with Crippen LogP contribution in [0.1, 0.15) is 54.2 Å². The molecule has 6 nitrogen and oxygen atoms in total. The first-order valence-electron chi connectivity index (χ1n) is 10.5. The highest BCUT2D eigenvalue weighted by Crippen LogP contribution is 2.28. The van der Waals surface area contributed by atoms with E-state index in [9.17, 15) is 9.59 Å². The van der Waals surface area contributed by atoms with Gasteiger partial charge in [-0.25, -0.2) is 0 Å². The second-order valence-electron chi connectivity index (χ2n) is 7.73. The first-order chi connectivity index (χ1) is 14.1. The molecule has 1 aliphatic carbocycles. The van der Waals surface area contributed by atoms with Crippen molar-refractivity contribution in [3.8, 4) is 0 Å². The summed E-state index contributed by atoms with van der Waals surface area (Å²) in [5.74, 6) is -0.167. The Morgan fingerprint density at radius 1 is 1.17 bits per heavy atom. The Hall–Kier alpha value is -2.60. The number of benzene rings is 1. The first kappa shape index (κ1) is 21.1. The molecule has 156 valence electrons. The van der Waals surface area contributed by atoms with E-state index >= 15 is 0 Å². The quantitative estimate of drug-likeness (QED) is 0.639. The summed E-state index contributed by atoms with van der Waals surface area (Å²) < 4.78 is 6.02. The molecule has 1 saturated carbocycles. The van der Waals surface area contributed by atoms with Crippen LogP contribution < -0.4 is 10.6 Å². The van der Waals surface area contributed by atoms with Crippen molar-refractivity contribution >= 4 is 11.8 Å². The molecule has 0 radical (unpaired) electrons. The maximum absolute atomic E-state index is 12.8. The van der Waals surface area contributed by atoms with E-state index in [1.807, 2.05) is 31.2 Å². The number of hydrogen-bond donors (Lipinski definition) is 3.